The molecule has 0 radical (unpaired) electrons. The molecule has 3 aromatic rings. The number of fused-ring (bicyclic) bond motifs is 1. The number of oxazole rings is 1. The van der Waals surface area contributed by atoms with Gasteiger partial charge in [-0.2, -0.15) is 0 Å². The first-order chi connectivity index (χ1) is 12.1. The highest BCUT2D eigenvalue weighted by Gasteiger charge is 2.23. The number of nitrogens with one attached hydrogen (secondary N) is 1. The van der Waals surface area contributed by atoms with E-state index in [1.54, 1.807) is 18.3 Å². The molecule has 2 aromatic heterocycles. The highest BCUT2D eigenvalue weighted by Crippen LogP contribution is 2.32. The molecule has 0 bridgehead atoms. The number of hydrogen-bond donors (Lipinski definition) is 1. The third-order valence-electron chi connectivity index (χ3n) is 4.44. The normalized spacial score (nSPS) is 16.5. The summed E-state index contributed by atoms with van der Waals surface area (Å²) >= 11 is 1.57. The molecular formula is C19H19N3O2S. The zero-order chi connectivity index (χ0) is 17.4. The van der Waals surface area contributed by atoms with Gasteiger partial charge in [0.1, 0.15) is 5.76 Å². The van der Waals surface area contributed by atoms with E-state index in [0.29, 0.717) is 28.4 Å². The van der Waals surface area contributed by atoms with Crippen molar-refractivity contribution >= 4 is 22.4 Å². The predicted molar refractivity (Wildman–Crippen MR) is 97.9 cm³/mol. The van der Waals surface area contributed by atoms with Crippen LogP contribution in [0.2, 0.25) is 0 Å². The molecule has 25 heavy (non-hydrogen) atoms. The van der Waals surface area contributed by atoms with Crippen LogP contribution in [0.3, 0.4) is 0 Å². The smallest absolute Gasteiger partial charge is 0.279 e. The zero-order valence-corrected chi connectivity index (χ0v) is 15.0. The topological polar surface area (TPSA) is 68.0 Å². The average molecular weight is 353 g/mol. The molecule has 0 aliphatic heterocycles. The van der Waals surface area contributed by atoms with Gasteiger partial charge in [-0.15, -0.1) is 11.3 Å². The van der Waals surface area contributed by atoms with Crippen molar-refractivity contribution in [3.05, 3.63) is 52.4 Å². The minimum atomic E-state index is -0.275. The lowest BCUT2D eigenvalue weighted by atomic mass is 9.93. The van der Waals surface area contributed by atoms with Crippen molar-refractivity contribution in [3.63, 3.8) is 0 Å². The van der Waals surface area contributed by atoms with Gasteiger partial charge in [-0.1, -0.05) is 25.1 Å². The fourth-order valence-corrected chi connectivity index (χ4v) is 4.23. The number of rotatable bonds is 3. The van der Waals surface area contributed by atoms with Gasteiger partial charge in [-0.25, -0.2) is 9.97 Å². The number of hydrogen-bond acceptors (Lipinski definition) is 5. The van der Waals surface area contributed by atoms with E-state index in [9.17, 15) is 4.79 Å². The summed E-state index contributed by atoms with van der Waals surface area (Å²) < 4.78 is 5.67. The van der Waals surface area contributed by atoms with Crippen molar-refractivity contribution in [2.75, 3.05) is 5.32 Å². The second-order valence-corrected chi connectivity index (χ2v) is 7.56. The van der Waals surface area contributed by atoms with Crippen LogP contribution in [-0.4, -0.2) is 15.9 Å². The van der Waals surface area contributed by atoms with E-state index >= 15 is 0 Å². The lowest BCUT2D eigenvalue weighted by Crippen LogP contribution is -2.13. The van der Waals surface area contributed by atoms with E-state index in [1.165, 1.54) is 4.88 Å². The average Bonchev–Trinajstić information content (AvgIpc) is 3.18. The summed E-state index contributed by atoms with van der Waals surface area (Å²) in [5.41, 5.74) is 2.28. The molecule has 6 heteroatoms. The molecule has 4 rings (SSSR count). The summed E-state index contributed by atoms with van der Waals surface area (Å²) in [7, 11) is 0. The molecule has 1 aromatic carbocycles. The fraction of sp³-hybridized carbons (Fsp3) is 0.316. The van der Waals surface area contributed by atoms with Crippen LogP contribution in [0.25, 0.3) is 11.5 Å². The summed E-state index contributed by atoms with van der Waals surface area (Å²) in [6, 6.07) is 9.56. The van der Waals surface area contributed by atoms with Crippen LogP contribution in [-0.2, 0) is 12.8 Å². The fourth-order valence-electron chi connectivity index (χ4n) is 3.06. The number of carbonyl (C=O) groups excluding carboxylic acids is 1. The van der Waals surface area contributed by atoms with E-state index in [0.717, 1.165) is 30.5 Å². The number of anilines is 1. The molecule has 128 valence electrons. The van der Waals surface area contributed by atoms with Crippen molar-refractivity contribution < 1.29 is 9.21 Å². The number of carbonyl (C=O) groups is 1. The maximum atomic E-state index is 12.6. The Morgan fingerprint density at radius 1 is 1.28 bits per heavy atom. The predicted octanol–water partition coefficient (Wildman–Crippen LogP) is 4.48. The van der Waals surface area contributed by atoms with Crippen LogP contribution >= 0.6 is 11.3 Å². The molecule has 1 unspecified atom stereocenters. The number of aryl methyl sites for hydroxylation is 2. The summed E-state index contributed by atoms with van der Waals surface area (Å²) in [5.74, 6) is 1.37. The van der Waals surface area contributed by atoms with Crippen LogP contribution < -0.4 is 5.32 Å². The van der Waals surface area contributed by atoms with E-state index < -0.39 is 0 Å². The number of benzene rings is 1. The molecule has 0 saturated heterocycles. The molecule has 5 nitrogen and oxygen atoms in total. The first kappa shape index (κ1) is 16.0. The van der Waals surface area contributed by atoms with Crippen LogP contribution in [0.4, 0.5) is 5.13 Å². The Bertz CT molecular complexity index is 914. The van der Waals surface area contributed by atoms with Gasteiger partial charge in [-0.05, 0) is 44.2 Å². The Labute approximate surface area is 150 Å². The molecule has 1 amide bonds. The molecule has 0 spiro atoms. The molecule has 2 heterocycles. The third-order valence-corrected chi connectivity index (χ3v) is 5.47. The Kier molecular flexibility index (Phi) is 4.13. The van der Waals surface area contributed by atoms with Crippen molar-refractivity contribution in [3.8, 4) is 11.5 Å². The standard InChI is InChI=1S/C19H19N3O2S/c1-11-8-9-14-15(10-11)25-19(20-14)22-17(23)16-12(2)24-18(21-16)13-6-4-3-5-7-13/h3-7,11H,8-10H2,1-2H3,(H,20,22,23). The minimum Gasteiger partial charge on any atom is -0.441 e. The molecule has 1 aliphatic carbocycles. The van der Waals surface area contributed by atoms with Crippen molar-refractivity contribution in [1.82, 2.24) is 9.97 Å². The van der Waals surface area contributed by atoms with E-state index in [4.69, 9.17) is 4.42 Å². The summed E-state index contributed by atoms with van der Waals surface area (Å²) in [6.07, 6.45) is 3.20. The summed E-state index contributed by atoms with van der Waals surface area (Å²) in [5, 5.41) is 3.53. The van der Waals surface area contributed by atoms with E-state index in [-0.39, 0.29) is 5.91 Å². The van der Waals surface area contributed by atoms with Gasteiger partial charge in [0.05, 0.1) is 5.69 Å². The monoisotopic (exact) mass is 353 g/mol. The quantitative estimate of drug-likeness (QED) is 0.753. The molecular weight excluding hydrogens is 334 g/mol. The lowest BCUT2D eigenvalue weighted by Gasteiger charge is -2.15. The highest BCUT2D eigenvalue weighted by atomic mass is 32.1. The Morgan fingerprint density at radius 2 is 2.08 bits per heavy atom. The second kappa shape index (κ2) is 6.44. The van der Waals surface area contributed by atoms with Gasteiger partial charge in [0.25, 0.3) is 5.91 Å². The Balaban J connectivity index is 1.55. The highest BCUT2D eigenvalue weighted by molar-refractivity contribution is 7.15. The van der Waals surface area contributed by atoms with Gasteiger partial charge in [0.2, 0.25) is 5.89 Å². The minimum absolute atomic E-state index is 0.275. The van der Waals surface area contributed by atoms with Crippen molar-refractivity contribution in [1.29, 1.82) is 0 Å². The van der Waals surface area contributed by atoms with Gasteiger partial charge >= 0.3 is 0 Å². The SMILES string of the molecule is Cc1oc(-c2ccccc2)nc1C(=O)Nc1nc2c(s1)CC(C)CC2. The first-order valence-electron chi connectivity index (χ1n) is 8.43. The van der Waals surface area contributed by atoms with Crippen LogP contribution in [0.5, 0.6) is 0 Å². The van der Waals surface area contributed by atoms with Crippen LogP contribution in [0.1, 0.15) is 40.2 Å². The van der Waals surface area contributed by atoms with E-state index in [1.807, 2.05) is 30.3 Å². The molecule has 1 aliphatic rings. The molecule has 1 atom stereocenters. The Morgan fingerprint density at radius 3 is 2.88 bits per heavy atom. The van der Waals surface area contributed by atoms with Gasteiger partial charge in [0.15, 0.2) is 10.8 Å². The first-order valence-corrected chi connectivity index (χ1v) is 9.24. The summed E-state index contributed by atoms with van der Waals surface area (Å²) in [6.45, 7) is 4.01. The van der Waals surface area contributed by atoms with Gasteiger partial charge < -0.3 is 4.42 Å². The Hall–Kier alpha value is -2.47. The van der Waals surface area contributed by atoms with Gasteiger partial charge in [-0.3, -0.25) is 10.1 Å². The third kappa shape index (κ3) is 3.22. The largest absolute Gasteiger partial charge is 0.441 e. The van der Waals surface area contributed by atoms with Crippen LogP contribution in [0, 0.1) is 12.8 Å². The van der Waals surface area contributed by atoms with Gasteiger partial charge in [0, 0.05) is 10.4 Å². The molecule has 1 N–H and O–H groups in total. The zero-order valence-electron chi connectivity index (χ0n) is 14.2. The number of thiazole rings is 1. The summed E-state index contributed by atoms with van der Waals surface area (Å²) in [4.78, 5) is 22.8. The second-order valence-electron chi connectivity index (χ2n) is 6.48. The van der Waals surface area contributed by atoms with Crippen molar-refractivity contribution in [2.45, 2.75) is 33.1 Å². The lowest BCUT2D eigenvalue weighted by molar-refractivity contribution is 0.102. The molecule has 0 saturated carbocycles. The van der Waals surface area contributed by atoms with Crippen molar-refractivity contribution in [2.24, 2.45) is 5.92 Å². The maximum absolute atomic E-state index is 12.6. The number of amides is 1. The number of nitrogens with zero attached hydrogens (tertiary/aromatic N) is 2. The van der Waals surface area contributed by atoms with Crippen LogP contribution in [0.15, 0.2) is 34.7 Å². The molecule has 0 fully saturated rings. The maximum Gasteiger partial charge on any atom is 0.279 e. The van der Waals surface area contributed by atoms with E-state index in [2.05, 4.69) is 22.2 Å². The number of aromatic nitrogens is 2.